The van der Waals surface area contributed by atoms with E-state index in [0.717, 1.165) is 5.69 Å². The molecule has 0 bridgehead atoms. The van der Waals surface area contributed by atoms with Crippen molar-refractivity contribution in [3.8, 4) is 0 Å². The molecule has 0 unspecified atom stereocenters. The van der Waals surface area contributed by atoms with Gasteiger partial charge in [0, 0.05) is 11.1 Å². The molecule has 0 radical (unpaired) electrons. The summed E-state index contributed by atoms with van der Waals surface area (Å²) in [7, 11) is 0. The largest absolute Gasteiger partial charge is 0.326 e. The summed E-state index contributed by atoms with van der Waals surface area (Å²) in [6.45, 7) is 0. The molecule has 0 saturated carbocycles. The molecule has 0 saturated heterocycles. The quantitative estimate of drug-likeness (QED) is 0.870. The molecule has 1 aromatic heterocycles. The first-order chi connectivity index (χ1) is 9.08. The van der Waals surface area contributed by atoms with Crippen molar-refractivity contribution in [1.82, 2.24) is 4.98 Å². The SMILES string of the molecule is O=C(Cc1nc(CCl)cs1)Nc1ccc(Cl)c(F)c1. The summed E-state index contributed by atoms with van der Waals surface area (Å²) < 4.78 is 13.2. The molecule has 7 heteroatoms. The van der Waals surface area contributed by atoms with Crippen LogP contribution in [0, 0.1) is 5.82 Å². The highest BCUT2D eigenvalue weighted by Crippen LogP contribution is 2.19. The lowest BCUT2D eigenvalue weighted by Crippen LogP contribution is -2.14. The summed E-state index contributed by atoms with van der Waals surface area (Å²) in [6.07, 6.45) is 0.131. The van der Waals surface area contributed by atoms with Gasteiger partial charge in [-0.2, -0.15) is 0 Å². The van der Waals surface area contributed by atoms with Gasteiger partial charge in [-0.05, 0) is 18.2 Å². The topological polar surface area (TPSA) is 42.0 Å². The van der Waals surface area contributed by atoms with Crippen molar-refractivity contribution in [1.29, 1.82) is 0 Å². The molecular formula is C12H9Cl2FN2OS. The first kappa shape index (κ1) is 14.2. The zero-order valence-corrected chi connectivity index (χ0v) is 11.9. The third kappa shape index (κ3) is 3.89. The molecule has 3 nitrogen and oxygen atoms in total. The second-order valence-electron chi connectivity index (χ2n) is 3.72. The third-order valence-corrected chi connectivity index (χ3v) is 3.73. The lowest BCUT2D eigenvalue weighted by Gasteiger charge is -2.04. The fraction of sp³-hybridized carbons (Fsp3) is 0.167. The molecule has 0 atom stereocenters. The molecule has 0 fully saturated rings. The molecule has 0 spiro atoms. The van der Waals surface area contributed by atoms with E-state index in [2.05, 4.69) is 10.3 Å². The van der Waals surface area contributed by atoms with Gasteiger partial charge in [0.1, 0.15) is 10.8 Å². The lowest BCUT2D eigenvalue weighted by atomic mass is 10.3. The minimum atomic E-state index is -0.571. The van der Waals surface area contributed by atoms with E-state index in [1.54, 1.807) is 5.38 Å². The van der Waals surface area contributed by atoms with Crippen LogP contribution in [0.1, 0.15) is 10.7 Å². The van der Waals surface area contributed by atoms with Crippen molar-refractivity contribution in [2.75, 3.05) is 5.32 Å². The van der Waals surface area contributed by atoms with Gasteiger partial charge in [-0.1, -0.05) is 11.6 Å². The smallest absolute Gasteiger partial charge is 0.231 e. The van der Waals surface area contributed by atoms with Gasteiger partial charge in [0.25, 0.3) is 0 Å². The molecule has 1 N–H and O–H groups in total. The number of alkyl halides is 1. The van der Waals surface area contributed by atoms with Crippen molar-refractivity contribution < 1.29 is 9.18 Å². The fourth-order valence-corrected chi connectivity index (χ4v) is 2.55. The number of aromatic nitrogens is 1. The number of carbonyl (C=O) groups is 1. The molecule has 2 aromatic rings. The molecule has 100 valence electrons. The molecule has 1 amide bonds. The van der Waals surface area contributed by atoms with Crippen molar-refractivity contribution in [3.05, 3.63) is 45.1 Å². The number of nitrogens with zero attached hydrogens (tertiary/aromatic N) is 1. The Morgan fingerprint density at radius 2 is 2.26 bits per heavy atom. The number of hydrogen-bond donors (Lipinski definition) is 1. The standard InChI is InChI=1S/C12H9Cl2FN2OS/c13-5-8-6-19-12(17-8)4-11(18)16-7-1-2-9(14)10(15)3-7/h1-3,6H,4-5H2,(H,16,18). The van der Waals surface area contributed by atoms with Gasteiger partial charge in [0.2, 0.25) is 5.91 Å². The highest BCUT2D eigenvalue weighted by molar-refractivity contribution is 7.09. The second-order valence-corrected chi connectivity index (χ2v) is 5.34. The van der Waals surface area contributed by atoms with Crippen LogP contribution in [0.15, 0.2) is 23.6 Å². The number of anilines is 1. The Morgan fingerprint density at radius 1 is 1.47 bits per heavy atom. The van der Waals surface area contributed by atoms with E-state index in [9.17, 15) is 9.18 Å². The van der Waals surface area contributed by atoms with E-state index in [-0.39, 0.29) is 17.4 Å². The van der Waals surface area contributed by atoms with Crippen molar-refractivity contribution in [2.45, 2.75) is 12.3 Å². The Morgan fingerprint density at radius 3 is 2.89 bits per heavy atom. The van der Waals surface area contributed by atoms with E-state index in [4.69, 9.17) is 23.2 Å². The predicted molar refractivity (Wildman–Crippen MR) is 75.4 cm³/mol. The van der Waals surface area contributed by atoms with Crippen LogP contribution in [0.2, 0.25) is 5.02 Å². The molecule has 1 aromatic carbocycles. The Balaban J connectivity index is 1.98. The summed E-state index contributed by atoms with van der Waals surface area (Å²) >= 11 is 12.6. The van der Waals surface area contributed by atoms with E-state index in [1.165, 1.54) is 29.5 Å². The number of rotatable bonds is 4. The Labute approximate surface area is 123 Å². The first-order valence-electron chi connectivity index (χ1n) is 5.32. The number of hydrogen-bond acceptors (Lipinski definition) is 3. The van der Waals surface area contributed by atoms with Gasteiger partial charge < -0.3 is 5.32 Å². The van der Waals surface area contributed by atoms with Crippen LogP contribution in [0.25, 0.3) is 0 Å². The summed E-state index contributed by atoms with van der Waals surface area (Å²) in [5.74, 6) is -0.518. The van der Waals surface area contributed by atoms with E-state index >= 15 is 0 Å². The Bertz CT molecular complexity index is 603. The lowest BCUT2D eigenvalue weighted by molar-refractivity contribution is -0.115. The number of nitrogens with one attached hydrogen (secondary N) is 1. The maximum Gasteiger partial charge on any atom is 0.231 e. The molecule has 0 aliphatic rings. The molecule has 2 rings (SSSR count). The maximum atomic E-state index is 13.2. The summed E-state index contributed by atoms with van der Waals surface area (Å²) in [6, 6.07) is 4.10. The average molecular weight is 319 g/mol. The van der Waals surface area contributed by atoms with Crippen LogP contribution < -0.4 is 5.32 Å². The zero-order chi connectivity index (χ0) is 13.8. The molecule has 0 aliphatic heterocycles. The predicted octanol–water partition coefficient (Wildman–Crippen LogP) is 3.86. The molecular weight excluding hydrogens is 310 g/mol. The van der Waals surface area contributed by atoms with Crippen LogP contribution in [0.4, 0.5) is 10.1 Å². The van der Waals surface area contributed by atoms with Crippen molar-refractivity contribution >= 4 is 46.1 Å². The van der Waals surface area contributed by atoms with Crippen molar-refractivity contribution in [3.63, 3.8) is 0 Å². The van der Waals surface area contributed by atoms with Gasteiger partial charge in [0.05, 0.1) is 23.0 Å². The normalized spacial score (nSPS) is 10.5. The highest BCUT2D eigenvalue weighted by Gasteiger charge is 2.09. The number of thiazole rings is 1. The minimum Gasteiger partial charge on any atom is -0.326 e. The van der Waals surface area contributed by atoms with Gasteiger partial charge >= 0.3 is 0 Å². The minimum absolute atomic E-state index is 0.0182. The Kier molecular flexibility index (Phi) is 4.74. The molecule has 1 heterocycles. The first-order valence-corrected chi connectivity index (χ1v) is 7.12. The van der Waals surface area contributed by atoms with Crippen LogP contribution in [0.5, 0.6) is 0 Å². The van der Waals surface area contributed by atoms with Gasteiger partial charge in [-0.25, -0.2) is 9.37 Å². The summed E-state index contributed by atoms with van der Waals surface area (Å²) in [5.41, 5.74) is 1.10. The van der Waals surface area contributed by atoms with Crippen LogP contribution >= 0.6 is 34.5 Å². The van der Waals surface area contributed by atoms with Crippen LogP contribution in [-0.4, -0.2) is 10.9 Å². The number of amides is 1. The van der Waals surface area contributed by atoms with Crippen LogP contribution in [-0.2, 0) is 17.1 Å². The zero-order valence-electron chi connectivity index (χ0n) is 9.62. The number of halogens is 3. The summed E-state index contributed by atoms with van der Waals surface area (Å²) in [5, 5.41) is 5.07. The highest BCUT2D eigenvalue weighted by atomic mass is 35.5. The van der Waals surface area contributed by atoms with Gasteiger partial charge in [-0.15, -0.1) is 22.9 Å². The maximum absolute atomic E-state index is 13.2. The average Bonchev–Trinajstić information content (AvgIpc) is 2.81. The molecule has 0 aliphatic carbocycles. The van der Waals surface area contributed by atoms with E-state index in [0.29, 0.717) is 16.6 Å². The van der Waals surface area contributed by atoms with E-state index < -0.39 is 5.82 Å². The Hall–Kier alpha value is -1.17. The number of benzene rings is 1. The summed E-state index contributed by atoms with van der Waals surface area (Å²) in [4.78, 5) is 15.9. The monoisotopic (exact) mass is 318 g/mol. The molecule has 19 heavy (non-hydrogen) atoms. The fourth-order valence-electron chi connectivity index (χ4n) is 1.41. The number of carbonyl (C=O) groups excluding carboxylic acids is 1. The third-order valence-electron chi connectivity index (χ3n) is 2.25. The van der Waals surface area contributed by atoms with E-state index in [1.807, 2.05) is 0 Å². The van der Waals surface area contributed by atoms with Crippen LogP contribution in [0.3, 0.4) is 0 Å². The second kappa shape index (κ2) is 6.32. The van der Waals surface area contributed by atoms with Gasteiger partial charge in [0.15, 0.2) is 0 Å². The van der Waals surface area contributed by atoms with Gasteiger partial charge in [-0.3, -0.25) is 4.79 Å². The van der Waals surface area contributed by atoms with Crippen molar-refractivity contribution in [2.24, 2.45) is 0 Å².